The van der Waals surface area contributed by atoms with E-state index in [1.807, 2.05) is 0 Å². The third-order valence-electron chi connectivity index (χ3n) is 3.81. The smallest absolute Gasteiger partial charge is 0.0296 e. The predicted molar refractivity (Wildman–Crippen MR) is 64.9 cm³/mol. The van der Waals surface area contributed by atoms with Gasteiger partial charge in [-0.3, -0.25) is 0 Å². The quantitative estimate of drug-likeness (QED) is 0.787. The molecule has 1 nitrogen and oxygen atoms in total. The minimum atomic E-state index is 0.440. The lowest BCUT2D eigenvalue weighted by atomic mass is 9.74. The molecule has 0 amide bonds. The van der Waals surface area contributed by atoms with Gasteiger partial charge in [0.2, 0.25) is 0 Å². The van der Waals surface area contributed by atoms with Gasteiger partial charge in [0.1, 0.15) is 0 Å². The summed E-state index contributed by atoms with van der Waals surface area (Å²) in [4.78, 5) is 0. The molecule has 1 heteroatoms. The van der Waals surface area contributed by atoms with Gasteiger partial charge >= 0.3 is 0 Å². The Labute approximate surface area is 92.9 Å². The first-order chi connectivity index (χ1) is 7.26. The molecule has 82 valence electrons. The van der Waals surface area contributed by atoms with Crippen molar-refractivity contribution in [2.75, 3.05) is 0 Å². The van der Waals surface area contributed by atoms with Crippen LogP contribution in [-0.2, 0) is 0 Å². The lowest BCUT2D eigenvalue weighted by Crippen LogP contribution is -2.51. The second kappa shape index (κ2) is 4.36. The molecule has 2 rings (SSSR count). The topological polar surface area (TPSA) is 12.0 Å². The summed E-state index contributed by atoms with van der Waals surface area (Å²) in [7, 11) is 0. The van der Waals surface area contributed by atoms with Gasteiger partial charge in [0.25, 0.3) is 0 Å². The second-order valence-electron chi connectivity index (χ2n) is 4.76. The number of hydrogen-bond acceptors (Lipinski definition) is 1. The molecule has 15 heavy (non-hydrogen) atoms. The number of benzene rings is 1. The maximum atomic E-state index is 3.80. The lowest BCUT2D eigenvalue weighted by molar-refractivity contribution is 0.160. The van der Waals surface area contributed by atoms with Crippen molar-refractivity contribution in [2.45, 2.75) is 51.1 Å². The van der Waals surface area contributed by atoms with Crippen LogP contribution in [0, 0.1) is 0 Å². The van der Waals surface area contributed by atoms with Crippen molar-refractivity contribution in [3.63, 3.8) is 0 Å². The van der Waals surface area contributed by atoms with Gasteiger partial charge in [-0.25, -0.2) is 0 Å². The van der Waals surface area contributed by atoms with Crippen molar-refractivity contribution >= 4 is 0 Å². The first-order valence-electron chi connectivity index (χ1n) is 6.08. The van der Waals surface area contributed by atoms with Crippen molar-refractivity contribution < 1.29 is 0 Å². The van der Waals surface area contributed by atoms with Crippen LogP contribution in [-0.4, -0.2) is 5.54 Å². The molecule has 0 aromatic heterocycles. The molecule has 1 saturated carbocycles. The maximum Gasteiger partial charge on any atom is 0.0296 e. The maximum absolute atomic E-state index is 3.80. The van der Waals surface area contributed by atoms with Crippen molar-refractivity contribution in [1.29, 1.82) is 0 Å². The minimum Gasteiger partial charge on any atom is -0.305 e. The number of nitrogens with one attached hydrogen (secondary N) is 1. The molecule has 1 aliphatic carbocycles. The highest BCUT2D eigenvalue weighted by molar-refractivity contribution is 5.19. The summed E-state index contributed by atoms with van der Waals surface area (Å²) in [6.45, 7) is 4.56. The Kier molecular flexibility index (Phi) is 3.11. The van der Waals surface area contributed by atoms with Crippen LogP contribution in [0.4, 0.5) is 0 Å². The summed E-state index contributed by atoms with van der Waals surface area (Å²) in [6.07, 6.45) is 5.34. The summed E-state index contributed by atoms with van der Waals surface area (Å²) in [6, 6.07) is 11.2. The van der Waals surface area contributed by atoms with Gasteiger partial charge in [0.15, 0.2) is 0 Å². The average molecular weight is 203 g/mol. The SMILES string of the molecule is CCC1(NC(C)c2ccccc2)CCC1. The Bertz CT molecular complexity index is 295. The van der Waals surface area contributed by atoms with Gasteiger partial charge in [-0.1, -0.05) is 37.3 Å². The summed E-state index contributed by atoms with van der Waals surface area (Å²) in [5.74, 6) is 0. The van der Waals surface area contributed by atoms with Gasteiger partial charge in [-0.2, -0.15) is 0 Å². The Morgan fingerprint density at radius 3 is 2.40 bits per heavy atom. The molecule has 0 radical (unpaired) electrons. The molecule has 1 N–H and O–H groups in total. The molecule has 1 aliphatic rings. The van der Waals surface area contributed by atoms with Gasteiger partial charge in [-0.15, -0.1) is 0 Å². The molecule has 1 fully saturated rings. The van der Waals surface area contributed by atoms with Gasteiger partial charge in [0, 0.05) is 11.6 Å². The van der Waals surface area contributed by atoms with E-state index in [1.54, 1.807) is 0 Å². The minimum absolute atomic E-state index is 0.440. The van der Waals surface area contributed by atoms with E-state index in [0.717, 1.165) is 0 Å². The summed E-state index contributed by atoms with van der Waals surface area (Å²) < 4.78 is 0. The Hall–Kier alpha value is -0.820. The highest BCUT2D eigenvalue weighted by atomic mass is 15.0. The monoisotopic (exact) mass is 203 g/mol. The molecule has 0 saturated heterocycles. The van der Waals surface area contributed by atoms with E-state index in [4.69, 9.17) is 0 Å². The van der Waals surface area contributed by atoms with Crippen LogP contribution in [0.5, 0.6) is 0 Å². The summed E-state index contributed by atoms with van der Waals surface area (Å²) >= 11 is 0. The standard InChI is InChI=1S/C14H21N/c1-3-14(10-7-11-14)15-12(2)13-8-5-4-6-9-13/h4-6,8-9,12,15H,3,7,10-11H2,1-2H3. The molecular formula is C14H21N. The zero-order valence-electron chi connectivity index (χ0n) is 9.79. The van der Waals surface area contributed by atoms with Crippen LogP contribution in [0.2, 0.25) is 0 Å². The second-order valence-corrected chi connectivity index (χ2v) is 4.76. The highest BCUT2D eigenvalue weighted by Gasteiger charge is 2.35. The van der Waals surface area contributed by atoms with E-state index in [0.29, 0.717) is 11.6 Å². The third-order valence-corrected chi connectivity index (χ3v) is 3.81. The van der Waals surface area contributed by atoms with E-state index >= 15 is 0 Å². The molecule has 1 aromatic carbocycles. The fraction of sp³-hybridized carbons (Fsp3) is 0.571. The largest absolute Gasteiger partial charge is 0.305 e. The van der Waals surface area contributed by atoms with Crippen LogP contribution < -0.4 is 5.32 Å². The predicted octanol–water partition coefficient (Wildman–Crippen LogP) is 3.67. The molecule has 0 heterocycles. The van der Waals surface area contributed by atoms with Gasteiger partial charge < -0.3 is 5.32 Å². The molecule has 0 aliphatic heterocycles. The number of hydrogen-bond donors (Lipinski definition) is 1. The molecule has 1 unspecified atom stereocenters. The van der Waals surface area contributed by atoms with Crippen molar-refractivity contribution in [3.8, 4) is 0 Å². The molecule has 1 aromatic rings. The van der Waals surface area contributed by atoms with Crippen molar-refractivity contribution in [3.05, 3.63) is 35.9 Å². The molecule has 1 atom stereocenters. The highest BCUT2D eigenvalue weighted by Crippen LogP contribution is 2.36. The zero-order valence-corrected chi connectivity index (χ0v) is 9.79. The third kappa shape index (κ3) is 2.23. The first kappa shape index (κ1) is 10.7. The van der Waals surface area contributed by atoms with Crippen LogP contribution in [0.3, 0.4) is 0 Å². The lowest BCUT2D eigenvalue weighted by Gasteiger charge is -2.44. The summed E-state index contributed by atoms with van der Waals surface area (Å²) in [5.41, 5.74) is 1.84. The zero-order chi connectivity index (χ0) is 10.7. The fourth-order valence-electron chi connectivity index (χ4n) is 2.49. The van der Waals surface area contributed by atoms with E-state index in [1.165, 1.54) is 31.2 Å². The Morgan fingerprint density at radius 2 is 1.93 bits per heavy atom. The van der Waals surface area contributed by atoms with Crippen molar-refractivity contribution in [2.24, 2.45) is 0 Å². The van der Waals surface area contributed by atoms with E-state index < -0.39 is 0 Å². The average Bonchev–Trinajstić information content (AvgIpc) is 2.24. The molecule has 0 spiro atoms. The van der Waals surface area contributed by atoms with E-state index in [2.05, 4.69) is 49.5 Å². The van der Waals surface area contributed by atoms with Crippen LogP contribution >= 0.6 is 0 Å². The number of rotatable bonds is 4. The van der Waals surface area contributed by atoms with Gasteiger partial charge in [0.05, 0.1) is 0 Å². The van der Waals surface area contributed by atoms with Gasteiger partial charge in [-0.05, 0) is 38.2 Å². The molecule has 0 bridgehead atoms. The van der Waals surface area contributed by atoms with Crippen LogP contribution in [0.25, 0.3) is 0 Å². The fourth-order valence-corrected chi connectivity index (χ4v) is 2.49. The molecular weight excluding hydrogens is 182 g/mol. The van der Waals surface area contributed by atoms with E-state index in [-0.39, 0.29) is 0 Å². The van der Waals surface area contributed by atoms with Crippen LogP contribution in [0.1, 0.15) is 51.1 Å². The normalized spacial score (nSPS) is 20.7. The first-order valence-corrected chi connectivity index (χ1v) is 6.08. The Balaban J connectivity index is 2.00. The Morgan fingerprint density at radius 1 is 1.27 bits per heavy atom. The van der Waals surface area contributed by atoms with Crippen LogP contribution in [0.15, 0.2) is 30.3 Å². The summed E-state index contributed by atoms with van der Waals surface area (Å²) in [5, 5.41) is 3.80. The van der Waals surface area contributed by atoms with Crippen molar-refractivity contribution in [1.82, 2.24) is 5.32 Å². The van der Waals surface area contributed by atoms with E-state index in [9.17, 15) is 0 Å².